The van der Waals surface area contributed by atoms with Crippen LogP contribution in [0.2, 0.25) is 0 Å². The first-order valence-corrected chi connectivity index (χ1v) is 6.14. The Bertz CT molecular complexity index is 173. The zero-order chi connectivity index (χ0) is 11.3. The summed E-state index contributed by atoms with van der Waals surface area (Å²) in [4.78, 5) is 4.52. The molecule has 1 aliphatic rings. The fourth-order valence-corrected chi connectivity index (χ4v) is 2.31. The number of rotatable bonds is 4. The number of aliphatic hydroxyl groups is 1. The Kier molecular flexibility index (Phi) is 5.58. The second-order valence-corrected chi connectivity index (χ2v) is 5.06. The Morgan fingerprint density at radius 3 is 2.33 bits per heavy atom. The van der Waals surface area contributed by atoms with Crippen LogP contribution in [0.15, 0.2) is 0 Å². The average Bonchev–Trinajstić information content (AvgIpc) is 2.39. The summed E-state index contributed by atoms with van der Waals surface area (Å²) in [6.07, 6.45) is 5.78. The summed E-state index contributed by atoms with van der Waals surface area (Å²) >= 11 is 0. The summed E-state index contributed by atoms with van der Waals surface area (Å²) in [5, 5.41) is 10.0. The first kappa shape index (κ1) is 12.9. The molecule has 0 amide bonds. The zero-order valence-electron chi connectivity index (χ0n) is 10.4. The number of nitrogens with zero attached hydrogens (tertiary/aromatic N) is 2. The number of hydrogen-bond donors (Lipinski definition) is 1. The third-order valence-corrected chi connectivity index (χ3v) is 3.41. The van der Waals surface area contributed by atoms with Gasteiger partial charge in [0.1, 0.15) is 0 Å². The molecule has 0 aliphatic heterocycles. The monoisotopic (exact) mass is 214 g/mol. The molecule has 90 valence electrons. The smallest absolute Gasteiger partial charge is 0.0695 e. The molecule has 0 bridgehead atoms. The van der Waals surface area contributed by atoms with E-state index in [0.29, 0.717) is 6.04 Å². The van der Waals surface area contributed by atoms with Gasteiger partial charge in [-0.05, 0) is 34.0 Å². The van der Waals surface area contributed by atoms with Gasteiger partial charge in [-0.3, -0.25) is 4.90 Å². The summed E-state index contributed by atoms with van der Waals surface area (Å²) in [5.41, 5.74) is 0. The number of aliphatic hydroxyl groups excluding tert-OH is 1. The van der Waals surface area contributed by atoms with Crippen molar-refractivity contribution in [1.29, 1.82) is 0 Å². The Hall–Kier alpha value is -0.120. The van der Waals surface area contributed by atoms with Crippen LogP contribution in [0.4, 0.5) is 0 Å². The van der Waals surface area contributed by atoms with Gasteiger partial charge in [-0.2, -0.15) is 0 Å². The first-order valence-electron chi connectivity index (χ1n) is 6.14. The second kappa shape index (κ2) is 6.46. The lowest BCUT2D eigenvalue weighted by molar-refractivity contribution is 0.0552. The summed E-state index contributed by atoms with van der Waals surface area (Å²) < 4.78 is 0. The maximum atomic E-state index is 10.0. The lowest BCUT2D eigenvalue weighted by Gasteiger charge is -2.31. The molecule has 0 heterocycles. The summed E-state index contributed by atoms with van der Waals surface area (Å²) in [7, 11) is 6.33. The number of likely N-dealkylation sites (N-methyl/N-ethyl adjacent to an activating group) is 2. The average molecular weight is 214 g/mol. The fourth-order valence-electron chi connectivity index (χ4n) is 2.31. The van der Waals surface area contributed by atoms with Crippen LogP contribution >= 0.6 is 0 Å². The van der Waals surface area contributed by atoms with E-state index in [4.69, 9.17) is 0 Å². The van der Waals surface area contributed by atoms with Crippen LogP contribution in [-0.2, 0) is 0 Å². The third kappa shape index (κ3) is 4.49. The Morgan fingerprint density at radius 2 is 1.67 bits per heavy atom. The summed E-state index contributed by atoms with van der Waals surface area (Å²) in [5.74, 6) is 0. The molecule has 3 nitrogen and oxygen atoms in total. The molecular weight excluding hydrogens is 188 g/mol. The van der Waals surface area contributed by atoms with Crippen LogP contribution in [0, 0.1) is 0 Å². The molecule has 1 aliphatic carbocycles. The lowest BCUT2D eigenvalue weighted by atomic mass is 10.0. The standard InChI is InChI=1S/C12H26N2O/c1-13(2)9-10-14(3)11-7-5-4-6-8-12(11)15/h11-12,15H,4-10H2,1-3H3. The van der Waals surface area contributed by atoms with E-state index in [1.54, 1.807) is 0 Å². The van der Waals surface area contributed by atoms with Crippen LogP contribution in [0.5, 0.6) is 0 Å². The molecule has 0 saturated heterocycles. The lowest BCUT2D eigenvalue weighted by Crippen LogP contribution is -2.43. The van der Waals surface area contributed by atoms with Crippen LogP contribution in [0.1, 0.15) is 32.1 Å². The van der Waals surface area contributed by atoms with E-state index in [-0.39, 0.29) is 6.10 Å². The van der Waals surface area contributed by atoms with Crippen molar-refractivity contribution in [3.8, 4) is 0 Å². The van der Waals surface area contributed by atoms with Gasteiger partial charge >= 0.3 is 0 Å². The van der Waals surface area contributed by atoms with Crippen molar-refractivity contribution in [1.82, 2.24) is 9.80 Å². The molecule has 15 heavy (non-hydrogen) atoms. The highest BCUT2D eigenvalue weighted by atomic mass is 16.3. The topological polar surface area (TPSA) is 26.7 Å². The summed E-state index contributed by atoms with van der Waals surface area (Å²) in [6, 6.07) is 0.382. The molecule has 0 aromatic rings. The molecule has 0 spiro atoms. The first-order chi connectivity index (χ1) is 7.11. The van der Waals surface area contributed by atoms with Crippen molar-refractivity contribution >= 4 is 0 Å². The predicted octanol–water partition coefficient (Wildman–Crippen LogP) is 1.17. The Morgan fingerprint density at radius 1 is 1.00 bits per heavy atom. The summed E-state index contributed by atoms with van der Waals surface area (Å²) in [6.45, 7) is 2.12. The number of hydrogen-bond acceptors (Lipinski definition) is 3. The Labute approximate surface area is 94.1 Å². The van der Waals surface area contributed by atoms with Crippen molar-refractivity contribution in [2.75, 3.05) is 34.2 Å². The molecule has 2 unspecified atom stereocenters. The van der Waals surface area contributed by atoms with Gasteiger partial charge in [-0.1, -0.05) is 19.3 Å². The quantitative estimate of drug-likeness (QED) is 0.712. The molecule has 0 aromatic heterocycles. The highest BCUT2D eigenvalue weighted by molar-refractivity contribution is 4.80. The fraction of sp³-hybridized carbons (Fsp3) is 1.00. The Balaban J connectivity index is 2.37. The van der Waals surface area contributed by atoms with Crippen molar-refractivity contribution in [2.45, 2.75) is 44.2 Å². The molecule has 0 aromatic carbocycles. The van der Waals surface area contributed by atoms with E-state index < -0.39 is 0 Å². The van der Waals surface area contributed by atoms with Gasteiger partial charge in [0, 0.05) is 19.1 Å². The van der Waals surface area contributed by atoms with E-state index in [9.17, 15) is 5.11 Å². The molecule has 1 fully saturated rings. The van der Waals surface area contributed by atoms with Gasteiger partial charge < -0.3 is 10.0 Å². The minimum absolute atomic E-state index is 0.111. The van der Waals surface area contributed by atoms with Crippen LogP contribution < -0.4 is 0 Å². The van der Waals surface area contributed by atoms with Gasteiger partial charge in [-0.25, -0.2) is 0 Å². The van der Waals surface area contributed by atoms with E-state index in [2.05, 4.69) is 30.9 Å². The van der Waals surface area contributed by atoms with Crippen molar-refractivity contribution < 1.29 is 5.11 Å². The molecular formula is C12H26N2O. The van der Waals surface area contributed by atoms with Gasteiger partial charge in [0.2, 0.25) is 0 Å². The molecule has 0 radical (unpaired) electrons. The van der Waals surface area contributed by atoms with Gasteiger partial charge in [0.05, 0.1) is 6.10 Å². The highest BCUT2D eigenvalue weighted by Gasteiger charge is 2.24. The molecule has 3 heteroatoms. The van der Waals surface area contributed by atoms with Gasteiger partial charge in [0.25, 0.3) is 0 Å². The minimum atomic E-state index is -0.111. The van der Waals surface area contributed by atoms with Gasteiger partial charge in [0.15, 0.2) is 0 Å². The SMILES string of the molecule is CN(C)CCN(C)C1CCCCCC1O. The van der Waals surface area contributed by atoms with Crippen LogP contribution in [-0.4, -0.2) is 61.3 Å². The zero-order valence-corrected chi connectivity index (χ0v) is 10.4. The maximum absolute atomic E-state index is 10.0. The third-order valence-electron chi connectivity index (χ3n) is 3.41. The van der Waals surface area contributed by atoms with Crippen LogP contribution in [0.3, 0.4) is 0 Å². The van der Waals surface area contributed by atoms with Crippen molar-refractivity contribution in [3.05, 3.63) is 0 Å². The van der Waals surface area contributed by atoms with Crippen molar-refractivity contribution in [3.63, 3.8) is 0 Å². The highest BCUT2D eigenvalue weighted by Crippen LogP contribution is 2.21. The molecule has 1 rings (SSSR count). The van der Waals surface area contributed by atoms with E-state index in [0.717, 1.165) is 25.9 Å². The van der Waals surface area contributed by atoms with Crippen LogP contribution in [0.25, 0.3) is 0 Å². The largest absolute Gasteiger partial charge is 0.391 e. The predicted molar refractivity (Wildman–Crippen MR) is 64.1 cm³/mol. The maximum Gasteiger partial charge on any atom is 0.0695 e. The van der Waals surface area contributed by atoms with E-state index in [1.807, 2.05) is 0 Å². The second-order valence-electron chi connectivity index (χ2n) is 5.06. The van der Waals surface area contributed by atoms with E-state index >= 15 is 0 Å². The minimum Gasteiger partial charge on any atom is -0.391 e. The molecule has 2 atom stereocenters. The van der Waals surface area contributed by atoms with Gasteiger partial charge in [-0.15, -0.1) is 0 Å². The van der Waals surface area contributed by atoms with Crippen molar-refractivity contribution in [2.24, 2.45) is 0 Å². The van der Waals surface area contributed by atoms with E-state index in [1.165, 1.54) is 19.3 Å². The normalized spacial score (nSPS) is 28.4. The molecule has 1 saturated carbocycles. The molecule has 1 N–H and O–H groups in total.